The number of ketones is 2. The fraction of sp³-hybridized carbons (Fsp3) is 0.304. The number of nitrogen functional groups attached to an aromatic ring is 2. The number of methoxy groups -OCH3 is 2. The summed E-state index contributed by atoms with van der Waals surface area (Å²) in [6.45, 7) is 8.01. The summed E-state index contributed by atoms with van der Waals surface area (Å²) in [5.41, 5.74) is 17.4. The van der Waals surface area contributed by atoms with Gasteiger partial charge in [0.25, 0.3) is 0 Å². The summed E-state index contributed by atoms with van der Waals surface area (Å²) in [7, 11) is 2.53. The quantitative estimate of drug-likeness (QED) is 0.0268. The molecule has 0 bridgehead atoms. The van der Waals surface area contributed by atoms with Crippen molar-refractivity contribution in [3.63, 3.8) is 0 Å². The number of nitrogens with one attached hydrogen (secondary N) is 2. The summed E-state index contributed by atoms with van der Waals surface area (Å²) in [5, 5.41) is 6.79. The number of fused-ring (bicyclic) bond motifs is 2. The average molecular weight is 849 g/mol. The van der Waals surface area contributed by atoms with Gasteiger partial charge in [0.15, 0.2) is 11.6 Å². The molecule has 0 fully saturated rings. The molecule has 0 amide bonds. The molecule has 16 heteroatoms. The maximum atomic E-state index is 13.7. The van der Waals surface area contributed by atoms with E-state index in [1.165, 1.54) is 38.5 Å². The molecule has 0 atom stereocenters. The van der Waals surface area contributed by atoms with Crippen LogP contribution in [0.5, 0.6) is 0 Å². The number of carbonyl (C=O) groups is 4. The summed E-state index contributed by atoms with van der Waals surface area (Å²) in [6, 6.07) is 20.5. The maximum Gasteiger partial charge on any atom is 0.339 e. The van der Waals surface area contributed by atoms with Crippen LogP contribution in [0.15, 0.2) is 85.2 Å². The molecule has 16 nitrogen and oxygen atoms in total. The highest BCUT2D eigenvalue weighted by atomic mass is 16.6. The molecule has 6 rings (SSSR count). The average Bonchev–Trinajstić information content (AvgIpc) is 3.73. The zero-order valence-corrected chi connectivity index (χ0v) is 35.3. The number of hydrogen-bond donors (Lipinski definition) is 4. The standard InChI is InChI=1S/C46H52N6O10/c1-29-39(41(53)31-11-13-35(47)33(27-31)45(55)57-3)37-9-5-7-17-51(37)43(29)49-15-19-59-21-23-61-25-26-62-24-22-60-20-16-50-44-30(2)40(38-10-6-8-18-52(38)44)42(54)32-12-14-36(48)34(28-32)46(56)58-4/h5-14,17-18,27-28,49-50H,15-16,19-26,47-48H2,1-4H3. The van der Waals surface area contributed by atoms with E-state index in [1.54, 1.807) is 12.1 Å². The summed E-state index contributed by atoms with van der Waals surface area (Å²) < 4.78 is 36.3. The van der Waals surface area contributed by atoms with E-state index in [0.717, 1.165) is 33.8 Å². The first-order valence-corrected chi connectivity index (χ1v) is 20.1. The molecule has 0 unspecified atom stereocenters. The first-order chi connectivity index (χ1) is 30.1. The number of pyridine rings is 2. The number of hydrogen-bond acceptors (Lipinski definition) is 14. The zero-order valence-electron chi connectivity index (χ0n) is 35.3. The second-order valence-electron chi connectivity index (χ2n) is 14.2. The highest BCUT2D eigenvalue weighted by molar-refractivity contribution is 6.17. The monoisotopic (exact) mass is 848 g/mol. The molecular formula is C46H52N6O10. The van der Waals surface area contributed by atoms with Gasteiger partial charge in [-0.15, -0.1) is 0 Å². The van der Waals surface area contributed by atoms with Crippen molar-refractivity contribution in [2.24, 2.45) is 0 Å². The van der Waals surface area contributed by atoms with Gasteiger partial charge in [0.05, 0.1) is 100 Å². The largest absolute Gasteiger partial charge is 0.465 e. The Morgan fingerprint density at radius 1 is 0.532 bits per heavy atom. The van der Waals surface area contributed by atoms with E-state index in [1.807, 2.05) is 71.4 Å². The molecule has 2 aromatic carbocycles. The van der Waals surface area contributed by atoms with Gasteiger partial charge in [0.1, 0.15) is 11.6 Å². The van der Waals surface area contributed by atoms with E-state index < -0.39 is 11.9 Å². The minimum Gasteiger partial charge on any atom is -0.465 e. The summed E-state index contributed by atoms with van der Waals surface area (Å²) in [4.78, 5) is 51.9. The van der Waals surface area contributed by atoms with Gasteiger partial charge < -0.3 is 59.3 Å². The molecule has 0 spiro atoms. The number of esters is 2. The van der Waals surface area contributed by atoms with E-state index in [-0.39, 0.29) is 34.1 Å². The van der Waals surface area contributed by atoms with Crippen LogP contribution in [0.25, 0.3) is 11.0 Å². The minimum atomic E-state index is -0.608. The summed E-state index contributed by atoms with van der Waals surface area (Å²) >= 11 is 0. The first-order valence-electron chi connectivity index (χ1n) is 20.1. The molecule has 62 heavy (non-hydrogen) atoms. The van der Waals surface area contributed by atoms with Gasteiger partial charge in [-0.3, -0.25) is 9.59 Å². The van der Waals surface area contributed by atoms with Gasteiger partial charge in [-0.05, 0) is 74.5 Å². The Bertz CT molecular complexity index is 2390. The molecule has 0 saturated carbocycles. The second kappa shape index (κ2) is 21.2. The minimum absolute atomic E-state index is 0.139. The number of anilines is 4. The van der Waals surface area contributed by atoms with E-state index in [2.05, 4.69) is 10.6 Å². The Labute approximate surface area is 359 Å². The lowest BCUT2D eigenvalue weighted by molar-refractivity contribution is 0.000289. The molecule has 6 N–H and O–H groups in total. The van der Waals surface area contributed by atoms with Gasteiger partial charge in [-0.1, -0.05) is 12.1 Å². The van der Waals surface area contributed by atoms with Crippen LogP contribution < -0.4 is 22.1 Å². The van der Waals surface area contributed by atoms with Crippen LogP contribution in [0.3, 0.4) is 0 Å². The molecule has 0 aliphatic rings. The molecule has 4 heterocycles. The highest BCUT2D eigenvalue weighted by Crippen LogP contribution is 2.32. The number of ether oxygens (including phenoxy) is 6. The molecule has 0 aliphatic heterocycles. The smallest absolute Gasteiger partial charge is 0.339 e. The van der Waals surface area contributed by atoms with Gasteiger partial charge >= 0.3 is 11.9 Å². The Kier molecular flexibility index (Phi) is 15.3. The fourth-order valence-corrected chi connectivity index (χ4v) is 7.18. The molecule has 4 aromatic heterocycles. The van der Waals surface area contributed by atoms with Crippen molar-refractivity contribution >= 4 is 57.5 Å². The Hall–Kier alpha value is -6.72. The highest BCUT2D eigenvalue weighted by Gasteiger charge is 2.25. The fourth-order valence-electron chi connectivity index (χ4n) is 7.18. The van der Waals surface area contributed by atoms with Crippen LogP contribution in [0, 0.1) is 13.8 Å². The topological polar surface area (TPSA) is 209 Å². The second-order valence-corrected chi connectivity index (χ2v) is 14.2. The Morgan fingerprint density at radius 2 is 0.903 bits per heavy atom. The lowest BCUT2D eigenvalue weighted by Gasteiger charge is -2.10. The third-order valence-electron chi connectivity index (χ3n) is 10.3. The lowest BCUT2D eigenvalue weighted by atomic mass is 9.98. The molecular weight excluding hydrogens is 797 g/mol. The molecule has 6 aromatic rings. The maximum absolute atomic E-state index is 13.7. The van der Waals surface area contributed by atoms with Crippen LogP contribution in [-0.4, -0.2) is 112 Å². The van der Waals surface area contributed by atoms with Gasteiger partial charge in [0.2, 0.25) is 0 Å². The number of carbonyl (C=O) groups excluding carboxylic acids is 4. The number of nitrogens with two attached hydrogens (primary N) is 2. The SMILES string of the molecule is COC(=O)c1cc(C(=O)c2c(C)c(NCCOCCOCCOCCOCCNc3c(C)c(C(=O)c4ccc(N)c(C(=O)OC)c4)c4ccccn34)n3ccccc23)ccc1N. The van der Waals surface area contributed by atoms with Crippen molar-refractivity contribution < 1.29 is 47.6 Å². The first kappa shape index (κ1) is 44.8. The lowest BCUT2D eigenvalue weighted by Crippen LogP contribution is -2.16. The van der Waals surface area contributed by atoms with Crippen molar-refractivity contribution in [2.75, 3.05) is 102 Å². The van der Waals surface area contributed by atoms with Crippen molar-refractivity contribution in [2.45, 2.75) is 13.8 Å². The van der Waals surface area contributed by atoms with E-state index in [9.17, 15) is 19.2 Å². The van der Waals surface area contributed by atoms with E-state index >= 15 is 0 Å². The predicted molar refractivity (Wildman–Crippen MR) is 236 cm³/mol. The summed E-state index contributed by atoms with van der Waals surface area (Å²) in [6.07, 6.45) is 3.77. The van der Waals surface area contributed by atoms with Crippen LogP contribution in [0.1, 0.15) is 63.7 Å². The van der Waals surface area contributed by atoms with Crippen molar-refractivity contribution in [1.29, 1.82) is 0 Å². The van der Waals surface area contributed by atoms with Gasteiger partial charge in [-0.25, -0.2) is 9.59 Å². The van der Waals surface area contributed by atoms with E-state index in [4.69, 9.17) is 39.9 Å². The number of aromatic nitrogens is 2. The number of rotatable bonds is 23. The third-order valence-corrected chi connectivity index (χ3v) is 10.3. The number of benzene rings is 2. The summed E-state index contributed by atoms with van der Waals surface area (Å²) in [5.74, 6) is -0.147. The van der Waals surface area contributed by atoms with Crippen molar-refractivity contribution in [1.82, 2.24) is 8.80 Å². The third kappa shape index (κ3) is 10.1. The van der Waals surface area contributed by atoms with Gasteiger partial charge in [0, 0.05) is 59.1 Å². The number of nitrogens with zero attached hydrogens (tertiary/aromatic N) is 2. The van der Waals surface area contributed by atoms with Crippen LogP contribution in [0.4, 0.5) is 23.0 Å². The van der Waals surface area contributed by atoms with Crippen LogP contribution in [-0.2, 0) is 28.4 Å². The van der Waals surface area contributed by atoms with Gasteiger partial charge in [-0.2, -0.15) is 0 Å². The predicted octanol–water partition coefficient (Wildman–Crippen LogP) is 5.60. The van der Waals surface area contributed by atoms with Crippen molar-refractivity contribution in [3.8, 4) is 0 Å². The van der Waals surface area contributed by atoms with Crippen LogP contribution >= 0.6 is 0 Å². The molecule has 0 saturated heterocycles. The molecule has 326 valence electrons. The van der Waals surface area contributed by atoms with Crippen molar-refractivity contribution in [3.05, 3.63) is 130 Å². The zero-order chi connectivity index (χ0) is 44.2. The Balaban J connectivity index is 0.861. The van der Waals surface area contributed by atoms with E-state index in [0.29, 0.717) is 88.2 Å². The Morgan fingerprint density at radius 3 is 1.27 bits per heavy atom. The molecule has 0 radical (unpaired) electrons. The molecule has 0 aliphatic carbocycles. The van der Waals surface area contributed by atoms with Crippen LogP contribution in [0.2, 0.25) is 0 Å². The normalized spacial score (nSPS) is 11.2.